The second-order valence-electron chi connectivity index (χ2n) is 7.60. The van der Waals surface area contributed by atoms with Crippen molar-refractivity contribution >= 4 is 17.3 Å². The fourth-order valence-electron chi connectivity index (χ4n) is 3.78. The zero-order chi connectivity index (χ0) is 20.5. The Morgan fingerprint density at radius 3 is 2.79 bits per heavy atom. The summed E-state index contributed by atoms with van der Waals surface area (Å²) in [6, 6.07) is 2.09. The number of aliphatic carboxylic acids is 1. The monoisotopic (exact) mass is 408 g/mol. The number of thiophene rings is 1. The molecule has 1 aliphatic carbocycles. The summed E-state index contributed by atoms with van der Waals surface area (Å²) in [5.41, 5.74) is 1.26. The molecular weight excluding hydrogens is 376 g/mol. The van der Waals surface area contributed by atoms with Crippen LogP contribution in [0.1, 0.15) is 49.0 Å². The van der Waals surface area contributed by atoms with Gasteiger partial charge < -0.3 is 20.4 Å². The number of hydrogen-bond donors (Lipinski definition) is 4. The average Bonchev–Trinajstić information content (AvgIpc) is 3.16. The first-order chi connectivity index (χ1) is 13.4. The van der Waals surface area contributed by atoms with E-state index in [0.29, 0.717) is 32.1 Å². The first-order valence-corrected chi connectivity index (χ1v) is 10.9. The molecule has 0 bridgehead atoms. The molecule has 6 heteroatoms. The quantitative estimate of drug-likeness (QED) is 0.332. The Balaban J connectivity index is 1.82. The van der Waals surface area contributed by atoms with Crippen LogP contribution in [-0.4, -0.2) is 44.7 Å². The van der Waals surface area contributed by atoms with Crippen LogP contribution in [0.5, 0.6) is 0 Å². The van der Waals surface area contributed by atoms with Crippen LogP contribution in [0.3, 0.4) is 0 Å². The number of hydrogen-bond acceptors (Lipinski definition) is 5. The van der Waals surface area contributed by atoms with Crippen LogP contribution in [0.2, 0.25) is 0 Å². The van der Waals surface area contributed by atoms with E-state index in [1.54, 1.807) is 17.4 Å². The topological polar surface area (TPSA) is 98.0 Å². The van der Waals surface area contributed by atoms with Crippen LogP contribution < -0.4 is 0 Å². The number of aryl methyl sites for hydroxylation is 2. The van der Waals surface area contributed by atoms with Gasteiger partial charge >= 0.3 is 5.97 Å². The van der Waals surface area contributed by atoms with Crippen molar-refractivity contribution in [2.75, 3.05) is 0 Å². The molecule has 5 nitrogen and oxygen atoms in total. The molecule has 0 spiro atoms. The molecule has 1 saturated carbocycles. The van der Waals surface area contributed by atoms with Crippen molar-refractivity contribution in [2.45, 2.75) is 70.2 Å². The van der Waals surface area contributed by atoms with Gasteiger partial charge in [0.05, 0.1) is 18.3 Å². The smallest absolute Gasteiger partial charge is 0.303 e. The first kappa shape index (κ1) is 22.8. The number of carbonyl (C=O) groups is 1. The van der Waals surface area contributed by atoms with Crippen molar-refractivity contribution in [1.82, 2.24) is 0 Å². The predicted octanol–water partition coefficient (Wildman–Crippen LogP) is 3.47. The molecule has 1 heterocycles. The van der Waals surface area contributed by atoms with Crippen molar-refractivity contribution in [3.8, 4) is 0 Å². The minimum Gasteiger partial charge on any atom is -0.481 e. The fraction of sp³-hybridized carbons (Fsp3) is 0.591. The minimum atomic E-state index is -0.791. The predicted molar refractivity (Wildman–Crippen MR) is 111 cm³/mol. The number of unbranched alkanes of at least 4 members (excludes halogenated alkanes) is 1. The van der Waals surface area contributed by atoms with Crippen molar-refractivity contribution in [2.24, 2.45) is 11.8 Å². The van der Waals surface area contributed by atoms with Gasteiger partial charge in [-0.15, -0.1) is 11.3 Å². The van der Waals surface area contributed by atoms with Gasteiger partial charge in [-0.2, -0.15) is 0 Å². The molecule has 0 amide bonds. The van der Waals surface area contributed by atoms with Gasteiger partial charge in [0.2, 0.25) is 0 Å². The van der Waals surface area contributed by atoms with Gasteiger partial charge in [0.1, 0.15) is 0 Å². The fourth-order valence-corrected chi connectivity index (χ4v) is 4.53. The first-order valence-electron chi connectivity index (χ1n) is 10.0. The van der Waals surface area contributed by atoms with E-state index in [-0.39, 0.29) is 18.3 Å². The van der Waals surface area contributed by atoms with Crippen molar-refractivity contribution in [1.29, 1.82) is 0 Å². The molecule has 3 unspecified atom stereocenters. The minimum absolute atomic E-state index is 0.0895. The molecular formula is C22H32O5S. The van der Waals surface area contributed by atoms with E-state index in [1.165, 1.54) is 10.4 Å². The Bertz CT molecular complexity index is 666. The number of carboxylic acid groups (broad SMARTS) is 1. The highest BCUT2D eigenvalue weighted by molar-refractivity contribution is 7.10. The highest BCUT2D eigenvalue weighted by atomic mass is 32.1. The number of aliphatic hydroxyl groups excluding tert-OH is 3. The number of rotatable bonds is 11. The Kier molecular flexibility index (Phi) is 9.38. The Morgan fingerprint density at radius 1 is 1.32 bits per heavy atom. The second kappa shape index (κ2) is 11.5. The van der Waals surface area contributed by atoms with E-state index in [9.17, 15) is 20.1 Å². The standard InChI is InChI=1S/C22H32O5S/c1-15-16(12-13-28-15)8-9-17(23)10-11-19-18(20(24)14-21(19)25)6-4-2-3-5-7-22(26)27/h2,4,10-13,17-21,23-25H,3,5-9,14H2,1H3,(H,26,27)/t17?,18-,19-,20?,21?/m1/s1. The summed E-state index contributed by atoms with van der Waals surface area (Å²) in [5, 5.41) is 41.5. The summed E-state index contributed by atoms with van der Waals surface area (Å²) >= 11 is 1.71. The highest BCUT2D eigenvalue weighted by Gasteiger charge is 2.39. The zero-order valence-corrected chi connectivity index (χ0v) is 17.2. The Morgan fingerprint density at radius 2 is 2.11 bits per heavy atom. The molecule has 0 saturated heterocycles. The largest absolute Gasteiger partial charge is 0.481 e. The normalized spacial score (nSPS) is 26.4. The molecule has 5 atom stereocenters. The van der Waals surface area contributed by atoms with Crippen molar-refractivity contribution in [3.05, 3.63) is 46.2 Å². The summed E-state index contributed by atoms with van der Waals surface area (Å²) in [7, 11) is 0. The molecule has 28 heavy (non-hydrogen) atoms. The SMILES string of the molecule is Cc1sccc1CCC(O)C=C[C@H]1C(O)CC(O)[C@@H]1CC=CCCCC(=O)O. The maximum absolute atomic E-state index is 10.5. The van der Waals surface area contributed by atoms with Crippen LogP contribution in [0.4, 0.5) is 0 Å². The lowest BCUT2D eigenvalue weighted by atomic mass is 9.89. The van der Waals surface area contributed by atoms with Crippen LogP contribution in [0, 0.1) is 18.8 Å². The molecule has 0 aliphatic heterocycles. The van der Waals surface area contributed by atoms with Crippen LogP contribution in [0.15, 0.2) is 35.8 Å². The molecule has 1 aromatic heterocycles. The van der Waals surface area contributed by atoms with Gasteiger partial charge in [-0.1, -0.05) is 24.3 Å². The van der Waals surface area contributed by atoms with E-state index >= 15 is 0 Å². The van der Waals surface area contributed by atoms with E-state index < -0.39 is 24.3 Å². The lowest BCUT2D eigenvalue weighted by molar-refractivity contribution is -0.137. The molecule has 156 valence electrons. The van der Waals surface area contributed by atoms with E-state index in [4.69, 9.17) is 5.11 Å². The van der Waals surface area contributed by atoms with Gasteiger partial charge in [0.15, 0.2) is 0 Å². The van der Waals surface area contributed by atoms with Gasteiger partial charge in [0.25, 0.3) is 0 Å². The summed E-state index contributed by atoms with van der Waals surface area (Å²) in [6.07, 6.45) is 9.63. The Hall–Kier alpha value is -1.47. The molecule has 1 fully saturated rings. The molecule has 4 N–H and O–H groups in total. The lowest BCUT2D eigenvalue weighted by Gasteiger charge is -2.19. The van der Waals surface area contributed by atoms with Gasteiger partial charge in [-0.25, -0.2) is 0 Å². The molecule has 0 radical (unpaired) electrons. The number of carboxylic acids is 1. The van der Waals surface area contributed by atoms with Crippen LogP contribution >= 0.6 is 11.3 Å². The van der Waals surface area contributed by atoms with Crippen molar-refractivity contribution < 1.29 is 25.2 Å². The number of aliphatic hydroxyl groups is 3. The van der Waals surface area contributed by atoms with Crippen LogP contribution in [0.25, 0.3) is 0 Å². The third-order valence-corrected chi connectivity index (χ3v) is 6.37. The molecule has 1 aromatic rings. The lowest BCUT2D eigenvalue weighted by Crippen LogP contribution is -2.20. The van der Waals surface area contributed by atoms with Gasteiger partial charge in [-0.3, -0.25) is 4.79 Å². The van der Waals surface area contributed by atoms with E-state index in [1.807, 2.05) is 18.2 Å². The Labute approximate surface area is 171 Å². The van der Waals surface area contributed by atoms with Gasteiger partial charge in [0, 0.05) is 23.6 Å². The molecule has 2 rings (SSSR count). The third-order valence-electron chi connectivity index (χ3n) is 5.48. The average molecular weight is 409 g/mol. The highest BCUT2D eigenvalue weighted by Crippen LogP contribution is 2.36. The maximum Gasteiger partial charge on any atom is 0.303 e. The third kappa shape index (κ3) is 7.17. The molecule has 0 aromatic carbocycles. The summed E-state index contributed by atoms with van der Waals surface area (Å²) in [4.78, 5) is 11.8. The number of allylic oxidation sites excluding steroid dienone is 2. The maximum atomic E-state index is 10.5. The zero-order valence-electron chi connectivity index (χ0n) is 16.4. The summed E-state index contributed by atoms with van der Waals surface area (Å²) in [5.74, 6) is -1.06. The second-order valence-corrected chi connectivity index (χ2v) is 8.72. The molecule has 1 aliphatic rings. The van der Waals surface area contributed by atoms with Gasteiger partial charge in [-0.05, 0) is 62.0 Å². The van der Waals surface area contributed by atoms with Crippen molar-refractivity contribution in [3.63, 3.8) is 0 Å². The van der Waals surface area contributed by atoms with E-state index in [2.05, 4.69) is 18.4 Å². The van der Waals surface area contributed by atoms with E-state index in [0.717, 1.165) is 6.42 Å². The van der Waals surface area contributed by atoms with Crippen LogP contribution in [-0.2, 0) is 11.2 Å². The summed E-state index contributed by atoms with van der Waals surface area (Å²) < 4.78 is 0. The summed E-state index contributed by atoms with van der Waals surface area (Å²) in [6.45, 7) is 2.08.